The lowest BCUT2D eigenvalue weighted by molar-refractivity contribution is -0.124. The Labute approximate surface area is 164 Å². The Bertz CT molecular complexity index is 862. The molecule has 28 heavy (non-hydrogen) atoms. The fourth-order valence-electron chi connectivity index (χ4n) is 2.73. The molecular formula is C21H25N3O4. The van der Waals surface area contributed by atoms with Gasteiger partial charge in [0, 0.05) is 18.3 Å². The van der Waals surface area contributed by atoms with Crippen LogP contribution in [0.1, 0.15) is 19.4 Å². The number of methoxy groups -OCH3 is 1. The number of anilines is 2. The predicted molar refractivity (Wildman–Crippen MR) is 108 cm³/mol. The molecule has 0 saturated heterocycles. The van der Waals surface area contributed by atoms with Gasteiger partial charge in [-0.15, -0.1) is 0 Å². The molecular weight excluding hydrogens is 358 g/mol. The van der Waals surface area contributed by atoms with Gasteiger partial charge in [0.1, 0.15) is 18.1 Å². The van der Waals surface area contributed by atoms with E-state index in [1.165, 1.54) is 0 Å². The van der Waals surface area contributed by atoms with E-state index in [1.807, 2.05) is 38.1 Å². The van der Waals surface area contributed by atoms with Crippen LogP contribution >= 0.6 is 0 Å². The maximum Gasteiger partial charge on any atom is 0.319 e. The highest BCUT2D eigenvalue weighted by Crippen LogP contribution is 2.34. The van der Waals surface area contributed by atoms with Crippen LogP contribution in [0, 0.1) is 5.41 Å². The van der Waals surface area contributed by atoms with Crippen LogP contribution in [0.25, 0.3) is 0 Å². The number of fused-ring (bicyclic) bond motifs is 1. The third kappa shape index (κ3) is 4.73. The number of urea groups is 1. The van der Waals surface area contributed by atoms with Crippen LogP contribution in [0.5, 0.6) is 11.5 Å². The third-order valence-electron chi connectivity index (χ3n) is 4.55. The van der Waals surface area contributed by atoms with E-state index in [0.717, 1.165) is 11.3 Å². The molecule has 148 valence electrons. The number of ether oxygens (including phenoxy) is 2. The molecule has 0 saturated carbocycles. The molecule has 0 spiro atoms. The van der Waals surface area contributed by atoms with Gasteiger partial charge in [-0.3, -0.25) is 4.79 Å². The summed E-state index contributed by atoms with van der Waals surface area (Å²) in [6, 6.07) is 12.6. The van der Waals surface area contributed by atoms with Crippen molar-refractivity contribution in [3.8, 4) is 11.5 Å². The lowest BCUT2D eigenvalue weighted by atomic mass is 9.94. The Morgan fingerprint density at radius 3 is 2.68 bits per heavy atom. The second-order valence-corrected chi connectivity index (χ2v) is 7.32. The van der Waals surface area contributed by atoms with Crippen molar-refractivity contribution in [2.24, 2.45) is 5.41 Å². The van der Waals surface area contributed by atoms with Crippen molar-refractivity contribution in [1.82, 2.24) is 5.32 Å². The fourth-order valence-corrected chi connectivity index (χ4v) is 2.73. The Kier molecular flexibility index (Phi) is 5.73. The first-order valence-electron chi connectivity index (χ1n) is 9.13. The van der Waals surface area contributed by atoms with E-state index < -0.39 is 5.41 Å². The largest absolute Gasteiger partial charge is 0.497 e. The van der Waals surface area contributed by atoms with Crippen LogP contribution in [0.2, 0.25) is 0 Å². The van der Waals surface area contributed by atoms with Crippen LogP contribution in [0.3, 0.4) is 0 Å². The molecule has 0 radical (unpaired) electrons. The molecule has 2 aromatic carbocycles. The number of hydrogen-bond acceptors (Lipinski definition) is 4. The molecule has 0 aromatic heterocycles. The lowest BCUT2D eigenvalue weighted by Gasteiger charge is -2.18. The second kappa shape index (κ2) is 8.21. The Balaban J connectivity index is 1.53. The molecule has 0 atom stereocenters. The average molecular weight is 383 g/mol. The number of amides is 3. The van der Waals surface area contributed by atoms with Crippen molar-refractivity contribution < 1.29 is 19.1 Å². The van der Waals surface area contributed by atoms with E-state index in [-0.39, 0.29) is 18.5 Å². The summed E-state index contributed by atoms with van der Waals surface area (Å²) in [6.07, 6.45) is 0.714. The average Bonchev–Trinajstić information content (AvgIpc) is 2.78. The summed E-state index contributed by atoms with van der Waals surface area (Å²) in [4.78, 5) is 24.3. The van der Waals surface area contributed by atoms with E-state index in [4.69, 9.17) is 9.47 Å². The smallest absolute Gasteiger partial charge is 0.319 e. The first-order valence-corrected chi connectivity index (χ1v) is 9.13. The minimum absolute atomic E-state index is 0.0942. The highest BCUT2D eigenvalue weighted by Gasteiger charge is 2.32. The van der Waals surface area contributed by atoms with Gasteiger partial charge >= 0.3 is 6.03 Å². The number of carbonyl (C=O) groups excluding carboxylic acids is 2. The molecule has 0 unspecified atom stereocenters. The molecule has 7 nitrogen and oxygen atoms in total. The van der Waals surface area contributed by atoms with Gasteiger partial charge in [-0.1, -0.05) is 12.1 Å². The van der Waals surface area contributed by atoms with E-state index in [9.17, 15) is 9.59 Å². The van der Waals surface area contributed by atoms with Crippen molar-refractivity contribution >= 4 is 23.3 Å². The first-order chi connectivity index (χ1) is 13.4. The van der Waals surface area contributed by atoms with Crippen molar-refractivity contribution in [3.05, 3.63) is 48.0 Å². The van der Waals surface area contributed by atoms with Gasteiger partial charge in [-0.2, -0.15) is 0 Å². The summed E-state index contributed by atoms with van der Waals surface area (Å²) in [7, 11) is 1.63. The number of rotatable bonds is 5. The van der Waals surface area contributed by atoms with E-state index in [2.05, 4.69) is 16.0 Å². The zero-order chi connectivity index (χ0) is 20.1. The molecule has 3 amide bonds. The maximum absolute atomic E-state index is 12.2. The van der Waals surface area contributed by atoms with Crippen molar-refractivity contribution in [1.29, 1.82) is 0 Å². The zero-order valence-corrected chi connectivity index (χ0v) is 16.3. The summed E-state index contributed by atoms with van der Waals surface area (Å²) in [6.45, 7) is 4.42. The number of nitrogens with one attached hydrogen (secondary N) is 3. The third-order valence-corrected chi connectivity index (χ3v) is 4.55. The van der Waals surface area contributed by atoms with Gasteiger partial charge in [0.15, 0.2) is 0 Å². The summed E-state index contributed by atoms with van der Waals surface area (Å²) < 4.78 is 10.9. The Morgan fingerprint density at radius 2 is 1.96 bits per heavy atom. The molecule has 3 rings (SSSR count). The molecule has 7 heteroatoms. The highest BCUT2D eigenvalue weighted by molar-refractivity contribution is 5.97. The quantitative estimate of drug-likeness (QED) is 0.738. The molecule has 0 bridgehead atoms. The summed E-state index contributed by atoms with van der Waals surface area (Å²) in [5.41, 5.74) is 1.68. The van der Waals surface area contributed by atoms with Gasteiger partial charge in [0.05, 0.1) is 18.2 Å². The Hall–Kier alpha value is -3.22. The number of hydrogen-bond donors (Lipinski definition) is 3. The van der Waals surface area contributed by atoms with Crippen LogP contribution < -0.4 is 25.4 Å². The maximum atomic E-state index is 12.2. The fraction of sp³-hybridized carbons (Fsp3) is 0.333. The van der Waals surface area contributed by atoms with Gasteiger partial charge in [0.2, 0.25) is 5.91 Å². The number of benzene rings is 2. The molecule has 0 aliphatic carbocycles. The summed E-state index contributed by atoms with van der Waals surface area (Å²) in [5, 5.41) is 8.47. The molecule has 3 N–H and O–H groups in total. The summed E-state index contributed by atoms with van der Waals surface area (Å²) in [5.74, 6) is 1.25. The topological polar surface area (TPSA) is 88.7 Å². The zero-order valence-electron chi connectivity index (χ0n) is 16.3. The van der Waals surface area contributed by atoms with Crippen molar-refractivity contribution in [3.63, 3.8) is 0 Å². The molecule has 1 heterocycles. The van der Waals surface area contributed by atoms with E-state index >= 15 is 0 Å². The lowest BCUT2D eigenvalue weighted by Crippen LogP contribution is -2.33. The van der Waals surface area contributed by atoms with Crippen molar-refractivity contribution in [2.45, 2.75) is 20.3 Å². The highest BCUT2D eigenvalue weighted by atomic mass is 16.5. The van der Waals surface area contributed by atoms with Crippen LogP contribution in [0.15, 0.2) is 42.5 Å². The standard InChI is InChI=1S/C21H25N3O4/c1-21(2)13-28-18-12-15(6-9-17(18)24-19(21)25)23-20(26)22-11-10-14-4-7-16(27-3)8-5-14/h4-9,12H,10-11,13H2,1-3H3,(H,24,25)(H2,22,23,26). The second-order valence-electron chi connectivity index (χ2n) is 7.32. The molecule has 1 aliphatic rings. The van der Waals surface area contributed by atoms with Crippen LogP contribution in [0.4, 0.5) is 16.2 Å². The Morgan fingerprint density at radius 1 is 1.21 bits per heavy atom. The minimum Gasteiger partial charge on any atom is -0.497 e. The SMILES string of the molecule is COc1ccc(CCNC(=O)Nc2ccc3c(c2)OCC(C)(C)C(=O)N3)cc1. The predicted octanol–water partition coefficient (Wildman–Crippen LogP) is 3.42. The first kappa shape index (κ1) is 19.5. The normalized spacial score (nSPS) is 14.8. The van der Waals surface area contributed by atoms with Gasteiger partial charge in [-0.25, -0.2) is 4.79 Å². The minimum atomic E-state index is -0.620. The van der Waals surface area contributed by atoms with Crippen LogP contribution in [-0.2, 0) is 11.2 Å². The van der Waals surface area contributed by atoms with Crippen LogP contribution in [-0.4, -0.2) is 32.2 Å². The molecule has 1 aliphatic heterocycles. The number of carbonyl (C=O) groups is 2. The summed E-state index contributed by atoms with van der Waals surface area (Å²) >= 11 is 0. The van der Waals surface area contributed by atoms with E-state index in [1.54, 1.807) is 25.3 Å². The van der Waals surface area contributed by atoms with Gasteiger partial charge in [0.25, 0.3) is 0 Å². The molecule has 2 aromatic rings. The van der Waals surface area contributed by atoms with E-state index in [0.29, 0.717) is 30.1 Å². The van der Waals surface area contributed by atoms with Crippen molar-refractivity contribution in [2.75, 3.05) is 30.9 Å². The van der Waals surface area contributed by atoms with Gasteiger partial charge < -0.3 is 25.4 Å². The monoisotopic (exact) mass is 383 g/mol. The molecule has 0 fully saturated rings. The van der Waals surface area contributed by atoms with Gasteiger partial charge in [-0.05, 0) is 50.1 Å².